The summed E-state index contributed by atoms with van der Waals surface area (Å²) < 4.78 is 5.31. The van der Waals surface area contributed by atoms with E-state index >= 15 is 0 Å². The average molecular weight is 223 g/mol. The molecular weight excluding hydrogens is 210 g/mol. The van der Waals surface area contributed by atoms with Crippen molar-refractivity contribution in [1.82, 2.24) is 9.97 Å². The Morgan fingerprint density at radius 1 is 1.50 bits per heavy atom. The number of rotatable bonds is 3. The van der Waals surface area contributed by atoms with Crippen LogP contribution in [0.3, 0.4) is 0 Å². The minimum Gasteiger partial charge on any atom is -0.476 e. The van der Waals surface area contributed by atoms with Gasteiger partial charge in [-0.25, -0.2) is 14.8 Å². The van der Waals surface area contributed by atoms with E-state index in [0.717, 1.165) is 19.4 Å². The molecule has 0 aromatic carbocycles. The molecule has 0 unspecified atom stereocenters. The molecule has 0 spiro atoms. The van der Waals surface area contributed by atoms with Crippen LogP contribution >= 0.6 is 0 Å². The standard InChI is InChI=1S/C10H13N3O3/c14-10(15)8-4-12-9(5-11-8)13-7-2-1-3-16-6-7/h4-5,7H,1-3,6H2,(H,12,13)(H,14,15)/t7-/m0/s1. The predicted octanol–water partition coefficient (Wildman–Crippen LogP) is 0.766. The van der Waals surface area contributed by atoms with Crippen LogP contribution in [0, 0.1) is 0 Å². The zero-order valence-corrected chi connectivity index (χ0v) is 8.72. The number of ether oxygens (including phenoxy) is 1. The van der Waals surface area contributed by atoms with E-state index < -0.39 is 5.97 Å². The van der Waals surface area contributed by atoms with Crippen LogP contribution in [0.1, 0.15) is 23.3 Å². The minimum absolute atomic E-state index is 0.0505. The molecular formula is C10H13N3O3. The molecule has 0 saturated carbocycles. The van der Waals surface area contributed by atoms with Gasteiger partial charge in [0, 0.05) is 6.61 Å². The van der Waals surface area contributed by atoms with Crippen molar-refractivity contribution in [3.05, 3.63) is 18.1 Å². The Morgan fingerprint density at radius 3 is 2.94 bits per heavy atom. The van der Waals surface area contributed by atoms with Crippen LogP contribution in [-0.4, -0.2) is 40.3 Å². The molecule has 2 heterocycles. The zero-order valence-electron chi connectivity index (χ0n) is 8.72. The first-order valence-corrected chi connectivity index (χ1v) is 5.15. The van der Waals surface area contributed by atoms with Crippen molar-refractivity contribution in [3.8, 4) is 0 Å². The highest BCUT2D eigenvalue weighted by Crippen LogP contribution is 2.11. The maximum atomic E-state index is 10.6. The van der Waals surface area contributed by atoms with Gasteiger partial charge in [-0.3, -0.25) is 0 Å². The number of aromatic nitrogens is 2. The molecule has 1 saturated heterocycles. The van der Waals surface area contributed by atoms with Gasteiger partial charge in [0.25, 0.3) is 0 Å². The molecule has 0 radical (unpaired) electrons. The highest BCUT2D eigenvalue weighted by atomic mass is 16.5. The van der Waals surface area contributed by atoms with E-state index in [9.17, 15) is 4.79 Å². The highest BCUT2D eigenvalue weighted by molar-refractivity contribution is 5.84. The van der Waals surface area contributed by atoms with Crippen molar-refractivity contribution in [2.24, 2.45) is 0 Å². The zero-order chi connectivity index (χ0) is 11.4. The van der Waals surface area contributed by atoms with Gasteiger partial charge in [0.2, 0.25) is 0 Å². The molecule has 1 atom stereocenters. The van der Waals surface area contributed by atoms with Gasteiger partial charge in [-0.05, 0) is 12.8 Å². The van der Waals surface area contributed by atoms with E-state index in [1.54, 1.807) is 0 Å². The topological polar surface area (TPSA) is 84.3 Å². The summed E-state index contributed by atoms with van der Waals surface area (Å²) in [4.78, 5) is 18.3. The Labute approximate surface area is 92.7 Å². The van der Waals surface area contributed by atoms with Crippen LogP contribution in [0.25, 0.3) is 0 Å². The molecule has 2 rings (SSSR count). The molecule has 0 amide bonds. The fourth-order valence-electron chi connectivity index (χ4n) is 1.58. The summed E-state index contributed by atoms with van der Waals surface area (Å²) in [5.74, 6) is -0.486. The van der Waals surface area contributed by atoms with Gasteiger partial charge in [-0.1, -0.05) is 0 Å². The third-order valence-corrected chi connectivity index (χ3v) is 2.38. The van der Waals surface area contributed by atoms with Gasteiger partial charge in [0.1, 0.15) is 5.82 Å². The third kappa shape index (κ3) is 2.66. The number of nitrogens with one attached hydrogen (secondary N) is 1. The summed E-state index contributed by atoms with van der Waals surface area (Å²) in [6.45, 7) is 1.46. The quantitative estimate of drug-likeness (QED) is 0.787. The molecule has 6 nitrogen and oxygen atoms in total. The van der Waals surface area contributed by atoms with Crippen LogP contribution < -0.4 is 5.32 Å². The molecule has 1 aromatic heterocycles. The van der Waals surface area contributed by atoms with Gasteiger partial charge in [-0.2, -0.15) is 0 Å². The van der Waals surface area contributed by atoms with Crippen LogP contribution in [-0.2, 0) is 4.74 Å². The lowest BCUT2D eigenvalue weighted by Gasteiger charge is -2.23. The number of carboxylic acid groups (broad SMARTS) is 1. The van der Waals surface area contributed by atoms with E-state index in [1.165, 1.54) is 12.4 Å². The Kier molecular flexibility index (Phi) is 3.31. The van der Waals surface area contributed by atoms with Gasteiger partial charge in [0.15, 0.2) is 5.69 Å². The summed E-state index contributed by atoms with van der Waals surface area (Å²) in [5.41, 5.74) is -0.0505. The normalized spacial score (nSPS) is 20.4. The largest absolute Gasteiger partial charge is 0.476 e. The molecule has 1 fully saturated rings. The lowest BCUT2D eigenvalue weighted by molar-refractivity contribution is 0.0690. The summed E-state index contributed by atoms with van der Waals surface area (Å²) in [5, 5.41) is 11.8. The molecule has 2 N–H and O–H groups in total. The third-order valence-electron chi connectivity index (χ3n) is 2.38. The van der Waals surface area contributed by atoms with E-state index in [1.807, 2.05) is 0 Å². The number of nitrogens with zero attached hydrogens (tertiary/aromatic N) is 2. The fraction of sp³-hybridized carbons (Fsp3) is 0.500. The van der Waals surface area contributed by atoms with E-state index in [0.29, 0.717) is 12.4 Å². The first-order valence-electron chi connectivity index (χ1n) is 5.15. The Hall–Kier alpha value is -1.69. The molecule has 1 aliphatic heterocycles. The van der Waals surface area contributed by atoms with Gasteiger partial charge >= 0.3 is 5.97 Å². The smallest absolute Gasteiger partial charge is 0.356 e. The Morgan fingerprint density at radius 2 is 2.38 bits per heavy atom. The SMILES string of the molecule is O=C(O)c1cnc(N[C@H]2CCCOC2)cn1. The van der Waals surface area contributed by atoms with Crippen molar-refractivity contribution < 1.29 is 14.6 Å². The van der Waals surface area contributed by atoms with Gasteiger partial charge in [0.05, 0.1) is 25.0 Å². The van der Waals surface area contributed by atoms with Crippen molar-refractivity contribution in [2.45, 2.75) is 18.9 Å². The van der Waals surface area contributed by atoms with Crippen LogP contribution in [0.2, 0.25) is 0 Å². The minimum atomic E-state index is -1.07. The monoisotopic (exact) mass is 223 g/mol. The average Bonchev–Trinajstić information content (AvgIpc) is 2.31. The molecule has 1 aromatic rings. The molecule has 6 heteroatoms. The number of carboxylic acids is 1. The summed E-state index contributed by atoms with van der Waals surface area (Å²) >= 11 is 0. The number of hydrogen-bond donors (Lipinski definition) is 2. The number of aromatic carboxylic acids is 1. The van der Waals surface area contributed by atoms with Crippen molar-refractivity contribution in [1.29, 1.82) is 0 Å². The highest BCUT2D eigenvalue weighted by Gasteiger charge is 2.14. The molecule has 0 aliphatic carbocycles. The lowest BCUT2D eigenvalue weighted by atomic mass is 10.1. The van der Waals surface area contributed by atoms with Crippen molar-refractivity contribution in [3.63, 3.8) is 0 Å². The summed E-state index contributed by atoms with van der Waals surface area (Å²) in [6, 6.07) is 0.235. The maximum Gasteiger partial charge on any atom is 0.356 e. The first-order chi connectivity index (χ1) is 7.75. The Balaban J connectivity index is 1.96. The lowest BCUT2D eigenvalue weighted by Crippen LogP contribution is -2.30. The second-order valence-corrected chi connectivity index (χ2v) is 3.65. The molecule has 1 aliphatic rings. The number of anilines is 1. The molecule has 86 valence electrons. The summed E-state index contributed by atoms with van der Waals surface area (Å²) in [6.07, 6.45) is 4.73. The van der Waals surface area contributed by atoms with E-state index in [-0.39, 0.29) is 11.7 Å². The first kappa shape index (κ1) is 10.8. The maximum absolute atomic E-state index is 10.6. The fourth-order valence-corrected chi connectivity index (χ4v) is 1.58. The van der Waals surface area contributed by atoms with Crippen LogP contribution in [0.5, 0.6) is 0 Å². The second kappa shape index (κ2) is 4.89. The van der Waals surface area contributed by atoms with E-state index in [2.05, 4.69) is 15.3 Å². The molecule has 0 bridgehead atoms. The van der Waals surface area contributed by atoms with Crippen LogP contribution in [0.4, 0.5) is 5.82 Å². The van der Waals surface area contributed by atoms with Crippen LogP contribution in [0.15, 0.2) is 12.4 Å². The van der Waals surface area contributed by atoms with Gasteiger partial charge < -0.3 is 15.2 Å². The number of carbonyl (C=O) groups is 1. The predicted molar refractivity (Wildman–Crippen MR) is 56.5 cm³/mol. The van der Waals surface area contributed by atoms with Crippen molar-refractivity contribution in [2.75, 3.05) is 18.5 Å². The summed E-state index contributed by atoms with van der Waals surface area (Å²) in [7, 11) is 0. The van der Waals surface area contributed by atoms with Gasteiger partial charge in [-0.15, -0.1) is 0 Å². The second-order valence-electron chi connectivity index (χ2n) is 3.65. The number of hydrogen-bond acceptors (Lipinski definition) is 5. The molecule has 16 heavy (non-hydrogen) atoms. The Bertz CT molecular complexity index is 360. The van der Waals surface area contributed by atoms with E-state index in [4.69, 9.17) is 9.84 Å². The van der Waals surface area contributed by atoms with Crippen molar-refractivity contribution >= 4 is 11.8 Å².